The summed E-state index contributed by atoms with van der Waals surface area (Å²) in [6, 6.07) is 7.74. The average Bonchev–Trinajstić information content (AvgIpc) is 2.04. The molecule has 0 bridgehead atoms. The fourth-order valence-corrected chi connectivity index (χ4v) is 1.22. The molecular formula is C8H12Cl2N2. The maximum Gasteiger partial charge on any atom is 0.0454 e. The summed E-state index contributed by atoms with van der Waals surface area (Å²) in [6.45, 7) is 1.96. The van der Waals surface area contributed by atoms with Crippen LogP contribution in [0.2, 0.25) is 5.02 Å². The van der Waals surface area contributed by atoms with Gasteiger partial charge in [-0.05, 0) is 18.6 Å². The Morgan fingerprint density at radius 2 is 2.00 bits per heavy atom. The van der Waals surface area contributed by atoms with E-state index in [1.807, 2.05) is 31.2 Å². The number of hydrogen-bond acceptors (Lipinski definition) is 2. The standard InChI is InChI=1S/C8H11ClN2.ClH/c1-6(11-10)7-4-2-3-5-8(7)9;/h2-6,11H,10H2,1H3;1H. The van der Waals surface area contributed by atoms with E-state index < -0.39 is 0 Å². The van der Waals surface area contributed by atoms with Gasteiger partial charge in [0.15, 0.2) is 0 Å². The summed E-state index contributed by atoms with van der Waals surface area (Å²) in [7, 11) is 0. The van der Waals surface area contributed by atoms with Crippen molar-refractivity contribution in [3.05, 3.63) is 34.9 Å². The lowest BCUT2D eigenvalue weighted by molar-refractivity contribution is 0.603. The van der Waals surface area contributed by atoms with Gasteiger partial charge in [-0.3, -0.25) is 11.3 Å². The van der Waals surface area contributed by atoms with Crippen LogP contribution in [0.3, 0.4) is 0 Å². The Hall–Kier alpha value is -0.280. The molecule has 0 heterocycles. The van der Waals surface area contributed by atoms with E-state index in [9.17, 15) is 0 Å². The van der Waals surface area contributed by atoms with Crippen LogP contribution in [0.25, 0.3) is 0 Å². The first-order valence-electron chi connectivity index (χ1n) is 3.46. The van der Waals surface area contributed by atoms with Crippen molar-refractivity contribution in [1.82, 2.24) is 5.43 Å². The molecule has 0 amide bonds. The number of halogens is 2. The van der Waals surface area contributed by atoms with Crippen LogP contribution in [0, 0.1) is 0 Å². The van der Waals surface area contributed by atoms with E-state index >= 15 is 0 Å². The molecule has 12 heavy (non-hydrogen) atoms. The second kappa shape index (κ2) is 5.38. The van der Waals surface area contributed by atoms with Gasteiger partial charge < -0.3 is 0 Å². The van der Waals surface area contributed by atoms with Crippen LogP contribution in [0.15, 0.2) is 24.3 Å². The normalized spacial score (nSPS) is 11.9. The second-order valence-electron chi connectivity index (χ2n) is 2.41. The van der Waals surface area contributed by atoms with Crippen molar-refractivity contribution >= 4 is 24.0 Å². The molecule has 0 spiro atoms. The van der Waals surface area contributed by atoms with Gasteiger partial charge in [0, 0.05) is 11.1 Å². The third kappa shape index (κ3) is 2.64. The van der Waals surface area contributed by atoms with Crippen LogP contribution in [0.1, 0.15) is 18.5 Å². The summed E-state index contributed by atoms with van der Waals surface area (Å²) in [4.78, 5) is 0. The molecule has 0 saturated heterocycles. The van der Waals surface area contributed by atoms with Crippen molar-refractivity contribution in [2.24, 2.45) is 5.84 Å². The molecule has 0 aliphatic heterocycles. The molecule has 1 aromatic rings. The van der Waals surface area contributed by atoms with Gasteiger partial charge in [0.2, 0.25) is 0 Å². The summed E-state index contributed by atoms with van der Waals surface area (Å²) >= 11 is 5.90. The first kappa shape index (κ1) is 11.7. The predicted molar refractivity (Wildman–Crippen MR) is 54.4 cm³/mol. The van der Waals surface area contributed by atoms with E-state index in [1.165, 1.54) is 0 Å². The highest BCUT2D eigenvalue weighted by molar-refractivity contribution is 6.31. The minimum absolute atomic E-state index is 0. The van der Waals surface area contributed by atoms with E-state index in [-0.39, 0.29) is 18.4 Å². The van der Waals surface area contributed by atoms with Crippen molar-refractivity contribution in [2.75, 3.05) is 0 Å². The van der Waals surface area contributed by atoms with Crippen LogP contribution in [0.5, 0.6) is 0 Å². The van der Waals surface area contributed by atoms with Gasteiger partial charge in [0.25, 0.3) is 0 Å². The quantitative estimate of drug-likeness (QED) is 0.576. The molecular weight excluding hydrogens is 195 g/mol. The van der Waals surface area contributed by atoms with Gasteiger partial charge in [-0.15, -0.1) is 12.4 Å². The fourth-order valence-electron chi connectivity index (χ4n) is 0.916. The number of hydrazine groups is 1. The molecule has 4 heteroatoms. The molecule has 0 aliphatic rings. The Bertz CT molecular complexity index is 240. The summed E-state index contributed by atoms with van der Waals surface area (Å²) in [5.41, 5.74) is 3.66. The molecule has 0 aromatic heterocycles. The van der Waals surface area contributed by atoms with Crippen molar-refractivity contribution < 1.29 is 0 Å². The van der Waals surface area contributed by atoms with Gasteiger partial charge >= 0.3 is 0 Å². The molecule has 0 saturated carbocycles. The topological polar surface area (TPSA) is 38.0 Å². The van der Waals surface area contributed by atoms with Crippen molar-refractivity contribution in [3.63, 3.8) is 0 Å². The van der Waals surface area contributed by atoms with Crippen molar-refractivity contribution in [3.8, 4) is 0 Å². The SMILES string of the molecule is CC(NN)c1ccccc1Cl.Cl. The van der Waals surface area contributed by atoms with Crippen molar-refractivity contribution in [2.45, 2.75) is 13.0 Å². The largest absolute Gasteiger partial charge is 0.271 e. The molecule has 1 unspecified atom stereocenters. The lowest BCUT2D eigenvalue weighted by Crippen LogP contribution is -2.25. The summed E-state index contributed by atoms with van der Waals surface area (Å²) < 4.78 is 0. The van der Waals surface area contributed by atoms with Crippen molar-refractivity contribution in [1.29, 1.82) is 0 Å². The van der Waals surface area contributed by atoms with E-state index in [2.05, 4.69) is 5.43 Å². The minimum atomic E-state index is 0. The number of rotatable bonds is 2. The Kier molecular flexibility index (Phi) is 5.25. The Morgan fingerprint density at radius 1 is 1.42 bits per heavy atom. The molecule has 1 rings (SSSR count). The third-order valence-corrected chi connectivity index (χ3v) is 1.97. The minimum Gasteiger partial charge on any atom is -0.271 e. The van der Waals surface area contributed by atoms with E-state index in [1.54, 1.807) is 0 Å². The number of benzene rings is 1. The fraction of sp³-hybridized carbons (Fsp3) is 0.250. The molecule has 0 aliphatic carbocycles. The highest BCUT2D eigenvalue weighted by Crippen LogP contribution is 2.20. The van der Waals surface area contributed by atoms with Crippen LogP contribution in [-0.4, -0.2) is 0 Å². The molecule has 1 atom stereocenters. The number of hydrogen-bond donors (Lipinski definition) is 2. The van der Waals surface area contributed by atoms with E-state index in [0.717, 1.165) is 10.6 Å². The van der Waals surface area contributed by atoms with E-state index in [4.69, 9.17) is 17.4 Å². The highest BCUT2D eigenvalue weighted by atomic mass is 35.5. The zero-order valence-corrected chi connectivity index (χ0v) is 8.32. The Balaban J connectivity index is 0.00000121. The maximum absolute atomic E-state index is 5.90. The van der Waals surface area contributed by atoms with Gasteiger partial charge in [0.05, 0.1) is 0 Å². The molecule has 0 fully saturated rings. The first-order valence-corrected chi connectivity index (χ1v) is 3.84. The van der Waals surface area contributed by atoms with Crippen LogP contribution >= 0.6 is 24.0 Å². The molecule has 0 radical (unpaired) electrons. The smallest absolute Gasteiger partial charge is 0.0454 e. The zero-order chi connectivity index (χ0) is 8.27. The summed E-state index contributed by atoms with van der Waals surface area (Å²) in [5, 5.41) is 0.748. The van der Waals surface area contributed by atoms with Gasteiger partial charge in [-0.1, -0.05) is 29.8 Å². The Morgan fingerprint density at radius 3 is 2.50 bits per heavy atom. The molecule has 3 N–H and O–H groups in total. The lowest BCUT2D eigenvalue weighted by Gasteiger charge is -2.10. The number of nitrogens with one attached hydrogen (secondary N) is 1. The van der Waals surface area contributed by atoms with Crippen LogP contribution in [0.4, 0.5) is 0 Å². The van der Waals surface area contributed by atoms with Crippen LogP contribution in [-0.2, 0) is 0 Å². The summed E-state index contributed by atoms with van der Waals surface area (Å²) in [5.74, 6) is 5.26. The lowest BCUT2D eigenvalue weighted by atomic mass is 10.1. The van der Waals surface area contributed by atoms with Gasteiger partial charge in [0.1, 0.15) is 0 Å². The molecule has 2 nitrogen and oxygen atoms in total. The highest BCUT2D eigenvalue weighted by Gasteiger charge is 2.05. The molecule has 68 valence electrons. The maximum atomic E-state index is 5.90. The van der Waals surface area contributed by atoms with E-state index in [0.29, 0.717) is 0 Å². The monoisotopic (exact) mass is 206 g/mol. The average molecular weight is 207 g/mol. The van der Waals surface area contributed by atoms with Crippen LogP contribution < -0.4 is 11.3 Å². The van der Waals surface area contributed by atoms with Gasteiger partial charge in [-0.2, -0.15) is 0 Å². The zero-order valence-electron chi connectivity index (χ0n) is 6.75. The summed E-state index contributed by atoms with van der Waals surface area (Å²) in [6.07, 6.45) is 0. The predicted octanol–water partition coefficient (Wildman–Crippen LogP) is 2.29. The third-order valence-electron chi connectivity index (χ3n) is 1.62. The first-order chi connectivity index (χ1) is 5.25. The second-order valence-corrected chi connectivity index (χ2v) is 2.82. The molecule has 1 aromatic carbocycles. The van der Waals surface area contributed by atoms with Gasteiger partial charge in [-0.25, -0.2) is 0 Å². The number of nitrogens with two attached hydrogens (primary N) is 1. The Labute approximate surface area is 83.5 Å².